The number of benzene rings is 2. The van der Waals surface area contributed by atoms with Crippen LogP contribution in [-0.2, 0) is 0 Å². The Labute approximate surface area is 116 Å². The first kappa shape index (κ1) is 13.1. The molecule has 0 bridgehead atoms. The number of nitrogens with two attached hydrogens (primary N) is 1. The molecule has 94 valence electrons. The fraction of sp³-hybridized carbons (Fsp3) is 0.143. The minimum Gasteiger partial charge on any atom is -0.491 e. The molecule has 0 aliphatic carbocycles. The van der Waals surface area contributed by atoms with Gasteiger partial charge in [-0.3, -0.25) is 0 Å². The van der Waals surface area contributed by atoms with E-state index in [1.54, 1.807) is 11.8 Å². The average Bonchev–Trinajstić information content (AvgIpc) is 2.37. The minimum atomic E-state index is 0.614. The van der Waals surface area contributed by atoms with Crippen molar-refractivity contribution in [2.75, 3.05) is 18.1 Å². The molecule has 0 atom stereocenters. The van der Waals surface area contributed by atoms with Crippen molar-refractivity contribution in [1.29, 1.82) is 0 Å². The third kappa shape index (κ3) is 3.86. The molecule has 0 unspecified atom stereocenters. The van der Waals surface area contributed by atoms with Crippen LogP contribution in [0, 0.1) is 0 Å². The zero-order valence-corrected chi connectivity index (χ0v) is 11.4. The monoisotopic (exact) mass is 279 g/mol. The van der Waals surface area contributed by atoms with Crippen molar-refractivity contribution in [3.05, 3.63) is 53.6 Å². The Morgan fingerprint density at radius 1 is 1.11 bits per heavy atom. The van der Waals surface area contributed by atoms with E-state index in [9.17, 15) is 0 Å². The van der Waals surface area contributed by atoms with Gasteiger partial charge >= 0.3 is 0 Å². The fourth-order valence-corrected chi connectivity index (χ4v) is 2.46. The lowest BCUT2D eigenvalue weighted by molar-refractivity contribution is 0.344. The van der Waals surface area contributed by atoms with Gasteiger partial charge in [-0.15, -0.1) is 11.8 Å². The van der Waals surface area contributed by atoms with Gasteiger partial charge in [-0.05, 0) is 30.3 Å². The summed E-state index contributed by atoms with van der Waals surface area (Å²) in [7, 11) is 0. The molecule has 2 aromatic carbocycles. The van der Waals surface area contributed by atoms with E-state index in [4.69, 9.17) is 22.1 Å². The summed E-state index contributed by atoms with van der Waals surface area (Å²) in [5.41, 5.74) is 6.50. The van der Waals surface area contributed by atoms with E-state index < -0.39 is 0 Å². The topological polar surface area (TPSA) is 35.2 Å². The number of thioether (sulfide) groups is 1. The van der Waals surface area contributed by atoms with Gasteiger partial charge in [0.15, 0.2) is 0 Å². The smallest absolute Gasteiger partial charge is 0.137 e. The fourth-order valence-electron chi connectivity index (χ4n) is 1.48. The maximum Gasteiger partial charge on any atom is 0.137 e. The highest BCUT2D eigenvalue weighted by atomic mass is 35.5. The highest BCUT2D eigenvalue weighted by molar-refractivity contribution is 7.99. The molecule has 2 N–H and O–H groups in total. The van der Waals surface area contributed by atoms with E-state index in [-0.39, 0.29) is 0 Å². The van der Waals surface area contributed by atoms with Crippen LogP contribution < -0.4 is 10.5 Å². The van der Waals surface area contributed by atoms with Crippen molar-refractivity contribution in [3.63, 3.8) is 0 Å². The van der Waals surface area contributed by atoms with Crippen molar-refractivity contribution in [2.24, 2.45) is 0 Å². The zero-order valence-electron chi connectivity index (χ0n) is 9.80. The molecule has 2 rings (SSSR count). The molecule has 0 saturated carbocycles. The third-order valence-corrected chi connectivity index (χ3v) is 3.57. The number of para-hydroxylation sites is 1. The van der Waals surface area contributed by atoms with Crippen molar-refractivity contribution in [2.45, 2.75) is 4.90 Å². The molecular weight excluding hydrogens is 266 g/mol. The molecule has 0 heterocycles. The molecule has 0 aromatic heterocycles. The van der Waals surface area contributed by atoms with Crippen LogP contribution in [0.4, 0.5) is 5.69 Å². The lowest BCUT2D eigenvalue weighted by Crippen LogP contribution is -2.00. The van der Waals surface area contributed by atoms with Crippen LogP contribution in [0.3, 0.4) is 0 Å². The first-order valence-corrected chi connectivity index (χ1v) is 6.98. The van der Waals surface area contributed by atoms with Crippen LogP contribution in [0.1, 0.15) is 0 Å². The quantitative estimate of drug-likeness (QED) is 0.509. The number of nitrogen functional groups attached to an aromatic ring is 1. The molecule has 0 radical (unpaired) electrons. The average molecular weight is 280 g/mol. The van der Waals surface area contributed by atoms with Gasteiger partial charge in [-0.25, -0.2) is 0 Å². The molecule has 2 aromatic rings. The number of rotatable bonds is 5. The molecule has 4 heteroatoms. The summed E-state index contributed by atoms with van der Waals surface area (Å²) in [4.78, 5) is 1.15. The van der Waals surface area contributed by atoms with Gasteiger partial charge < -0.3 is 10.5 Å². The maximum absolute atomic E-state index is 5.99. The van der Waals surface area contributed by atoms with Gasteiger partial charge in [0.25, 0.3) is 0 Å². The van der Waals surface area contributed by atoms with Gasteiger partial charge in [0.2, 0.25) is 0 Å². The normalized spacial score (nSPS) is 10.3. The number of ether oxygens (including phenoxy) is 1. The summed E-state index contributed by atoms with van der Waals surface area (Å²) < 4.78 is 5.60. The third-order valence-electron chi connectivity index (χ3n) is 2.30. The van der Waals surface area contributed by atoms with Crippen LogP contribution in [0.25, 0.3) is 0 Å². The summed E-state index contributed by atoms with van der Waals surface area (Å²) in [6.07, 6.45) is 0. The summed E-state index contributed by atoms with van der Waals surface area (Å²) >= 11 is 7.70. The van der Waals surface area contributed by atoms with Gasteiger partial charge in [-0.1, -0.05) is 29.8 Å². The first-order chi connectivity index (χ1) is 8.75. The standard InChI is InChI=1S/C14H14ClNOS/c15-13-6-1-2-7-14(13)17-8-9-18-12-5-3-4-11(16)10-12/h1-7,10H,8-9,16H2. The number of anilines is 1. The van der Waals surface area contributed by atoms with E-state index in [2.05, 4.69) is 0 Å². The number of halogens is 1. The van der Waals surface area contributed by atoms with Gasteiger partial charge in [0.05, 0.1) is 11.6 Å². The van der Waals surface area contributed by atoms with Crippen molar-refractivity contribution >= 4 is 29.1 Å². The second-order valence-corrected chi connectivity index (χ2v) is 5.28. The predicted molar refractivity (Wildman–Crippen MR) is 78.5 cm³/mol. The molecule has 0 saturated heterocycles. The second-order valence-electron chi connectivity index (χ2n) is 3.70. The van der Waals surface area contributed by atoms with Gasteiger partial charge in [0, 0.05) is 16.3 Å². The van der Waals surface area contributed by atoms with Gasteiger partial charge in [-0.2, -0.15) is 0 Å². The molecular formula is C14H14ClNOS. The molecule has 0 fully saturated rings. The Bertz CT molecular complexity index is 519. The van der Waals surface area contributed by atoms with E-state index in [1.807, 2.05) is 48.5 Å². The highest BCUT2D eigenvalue weighted by Crippen LogP contribution is 2.24. The molecule has 0 aliphatic heterocycles. The lowest BCUT2D eigenvalue weighted by Gasteiger charge is -2.07. The Morgan fingerprint density at radius 2 is 1.94 bits per heavy atom. The molecule has 0 aliphatic rings. The largest absolute Gasteiger partial charge is 0.491 e. The van der Waals surface area contributed by atoms with Gasteiger partial charge in [0.1, 0.15) is 5.75 Å². The SMILES string of the molecule is Nc1cccc(SCCOc2ccccc2Cl)c1. The molecule has 0 spiro atoms. The van der Waals surface area contributed by atoms with Crippen molar-refractivity contribution in [3.8, 4) is 5.75 Å². The summed E-state index contributed by atoms with van der Waals surface area (Å²) in [5, 5.41) is 0.645. The molecule has 18 heavy (non-hydrogen) atoms. The zero-order chi connectivity index (χ0) is 12.8. The Hall–Kier alpha value is -1.32. The number of hydrogen-bond donors (Lipinski definition) is 1. The summed E-state index contributed by atoms with van der Waals surface area (Å²) in [6, 6.07) is 15.3. The van der Waals surface area contributed by atoms with Crippen LogP contribution in [-0.4, -0.2) is 12.4 Å². The van der Waals surface area contributed by atoms with E-state index in [0.29, 0.717) is 11.6 Å². The number of hydrogen-bond acceptors (Lipinski definition) is 3. The molecule has 0 amide bonds. The van der Waals surface area contributed by atoms with E-state index in [1.165, 1.54) is 0 Å². The van der Waals surface area contributed by atoms with E-state index >= 15 is 0 Å². The maximum atomic E-state index is 5.99. The van der Waals surface area contributed by atoms with Crippen LogP contribution in [0.15, 0.2) is 53.4 Å². The predicted octanol–water partition coefficient (Wildman–Crippen LogP) is 4.09. The summed E-state index contributed by atoms with van der Waals surface area (Å²) in [6.45, 7) is 0.614. The minimum absolute atomic E-state index is 0.614. The highest BCUT2D eigenvalue weighted by Gasteiger charge is 2.00. The van der Waals surface area contributed by atoms with Crippen LogP contribution in [0.2, 0.25) is 5.02 Å². The lowest BCUT2D eigenvalue weighted by atomic mass is 10.3. The Morgan fingerprint density at radius 3 is 2.72 bits per heavy atom. The van der Waals surface area contributed by atoms with Crippen LogP contribution in [0.5, 0.6) is 5.75 Å². The first-order valence-electron chi connectivity index (χ1n) is 5.61. The van der Waals surface area contributed by atoms with Crippen LogP contribution >= 0.6 is 23.4 Å². The van der Waals surface area contributed by atoms with E-state index in [0.717, 1.165) is 22.1 Å². The second kappa shape index (κ2) is 6.57. The van der Waals surface area contributed by atoms with Crippen molar-refractivity contribution in [1.82, 2.24) is 0 Å². The summed E-state index contributed by atoms with van der Waals surface area (Å²) in [5.74, 6) is 1.58. The van der Waals surface area contributed by atoms with Crippen molar-refractivity contribution < 1.29 is 4.74 Å². The molecule has 2 nitrogen and oxygen atoms in total. The Balaban J connectivity index is 1.78. The Kier molecular flexibility index (Phi) is 4.79.